The number of benzene rings is 3. The van der Waals surface area contributed by atoms with Gasteiger partial charge in [-0.05, 0) is 29.5 Å². The van der Waals surface area contributed by atoms with E-state index in [2.05, 4.69) is 84.9 Å². The van der Waals surface area contributed by atoms with Crippen molar-refractivity contribution in [3.05, 3.63) is 108 Å². The third kappa shape index (κ3) is 4.33. The molecule has 1 nitrogen and oxygen atoms in total. The van der Waals surface area contributed by atoms with E-state index in [0.29, 0.717) is 5.92 Å². The SMILES string of the molecule is NC(CCCC(c1ccccc1)c1ccccc1)c1ccccc1. The summed E-state index contributed by atoms with van der Waals surface area (Å²) in [7, 11) is 0. The summed E-state index contributed by atoms with van der Waals surface area (Å²) in [5.41, 5.74) is 10.4. The molecule has 0 bridgehead atoms. The van der Waals surface area contributed by atoms with E-state index in [1.54, 1.807) is 0 Å². The van der Waals surface area contributed by atoms with Gasteiger partial charge in [0.05, 0.1) is 0 Å². The monoisotopic (exact) mass is 315 g/mol. The van der Waals surface area contributed by atoms with Crippen LogP contribution in [0.1, 0.15) is 47.9 Å². The highest BCUT2D eigenvalue weighted by Crippen LogP contribution is 2.30. The fourth-order valence-electron chi connectivity index (χ4n) is 3.31. The Bertz CT molecular complexity index is 667. The van der Waals surface area contributed by atoms with Crippen molar-refractivity contribution < 1.29 is 0 Å². The van der Waals surface area contributed by atoms with Crippen LogP contribution in [-0.4, -0.2) is 0 Å². The molecule has 0 aromatic heterocycles. The quantitative estimate of drug-likeness (QED) is 0.595. The zero-order chi connectivity index (χ0) is 16.6. The third-order valence-corrected chi connectivity index (χ3v) is 4.64. The Hall–Kier alpha value is -2.38. The summed E-state index contributed by atoms with van der Waals surface area (Å²) in [6.07, 6.45) is 3.25. The van der Waals surface area contributed by atoms with Crippen LogP contribution in [0.3, 0.4) is 0 Å². The van der Waals surface area contributed by atoms with E-state index < -0.39 is 0 Å². The van der Waals surface area contributed by atoms with Crippen molar-refractivity contribution in [1.29, 1.82) is 0 Å². The fourth-order valence-corrected chi connectivity index (χ4v) is 3.31. The summed E-state index contributed by atoms with van der Waals surface area (Å²) < 4.78 is 0. The molecule has 3 aromatic rings. The van der Waals surface area contributed by atoms with E-state index in [0.717, 1.165) is 19.3 Å². The minimum atomic E-state index is 0.124. The van der Waals surface area contributed by atoms with Gasteiger partial charge in [-0.2, -0.15) is 0 Å². The van der Waals surface area contributed by atoms with Gasteiger partial charge in [0.1, 0.15) is 0 Å². The van der Waals surface area contributed by atoms with E-state index in [-0.39, 0.29) is 6.04 Å². The molecular formula is C23H25N. The molecule has 0 radical (unpaired) electrons. The number of hydrogen-bond donors (Lipinski definition) is 1. The molecule has 3 aromatic carbocycles. The van der Waals surface area contributed by atoms with Gasteiger partial charge in [0.15, 0.2) is 0 Å². The molecule has 0 spiro atoms. The summed E-state index contributed by atoms with van der Waals surface area (Å²) in [6, 6.07) is 32.1. The van der Waals surface area contributed by atoms with Crippen LogP contribution in [0.25, 0.3) is 0 Å². The molecule has 3 rings (SSSR count). The van der Waals surface area contributed by atoms with Crippen LogP contribution in [0, 0.1) is 0 Å². The van der Waals surface area contributed by atoms with Crippen LogP contribution >= 0.6 is 0 Å². The molecule has 0 aliphatic carbocycles. The fraction of sp³-hybridized carbons (Fsp3) is 0.217. The molecule has 0 amide bonds. The molecule has 122 valence electrons. The van der Waals surface area contributed by atoms with Gasteiger partial charge in [-0.25, -0.2) is 0 Å². The van der Waals surface area contributed by atoms with Gasteiger partial charge >= 0.3 is 0 Å². The molecular weight excluding hydrogens is 290 g/mol. The molecule has 0 saturated heterocycles. The molecule has 1 unspecified atom stereocenters. The van der Waals surface area contributed by atoms with Crippen molar-refractivity contribution in [3.63, 3.8) is 0 Å². The minimum absolute atomic E-state index is 0.124. The first-order valence-corrected chi connectivity index (χ1v) is 8.75. The first kappa shape index (κ1) is 16.5. The van der Waals surface area contributed by atoms with Gasteiger partial charge in [-0.3, -0.25) is 0 Å². The Kier molecular flexibility index (Phi) is 5.81. The number of nitrogens with two attached hydrogens (primary N) is 1. The van der Waals surface area contributed by atoms with Gasteiger partial charge in [-0.15, -0.1) is 0 Å². The van der Waals surface area contributed by atoms with Gasteiger partial charge in [0, 0.05) is 12.0 Å². The summed E-state index contributed by atoms with van der Waals surface area (Å²) in [4.78, 5) is 0. The van der Waals surface area contributed by atoms with E-state index in [1.807, 2.05) is 6.07 Å². The normalized spacial score (nSPS) is 12.2. The summed E-state index contributed by atoms with van der Waals surface area (Å²) in [6.45, 7) is 0. The standard InChI is InChI=1S/C23H25N/c24-23(21-15-8-3-9-16-21)18-10-17-22(19-11-4-1-5-12-19)20-13-6-2-7-14-20/h1-9,11-16,22-23H,10,17-18,24H2. The Morgan fingerprint density at radius 3 is 1.42 bits per heavy atom. The smallest absolute Gasteiger partial charge is 0.0294 e. The average molecular weight is 315 g/mol. The van der Waals surface area contributed by atoms with E-state index in [4.69, 9.17) is 5.73 Å². The van der Waals surface area contributed by atoms with Crippen LogP contribution < -0.4 is 5.73 Å². The Labute approximate surface area is 145 Å². The topological polar surface area (TPSA) is 26.0 Å². The molecule has 0 fully saturated rings. The Morgan fingerprint density at radius 1 is 0.542 bits per heavy atom. The van der Waals surface area contributed by atoms with Crippen molar-refractivity contribution >= 4 is 0 Å². The average Bonchev–Trinajstić information content (AvgIpc) is 2.67. The van der Waals surface area contributed by atoms with Crippen molar-refractivity contribution in [3.8, 4) is 0 Å². The van der Waals surface area contributed by atoms with Crippen LogP contribution in [0.2, 0.25) is 0 Å². The first-order valence-electron chi connectivity index (χ1n) is 8.75. The minimum Gasteiger partial charge on any atom is -0.324 e. The second kappa shape index (κ2) is 8.47. The Morgan fingerprint density at radius 2 is 0.958 bits per heavy atom. The largest absolute Gasteiger partial charge is 0.324 e. The van der Waals surface area contributed by atoms with Gasteiger partial charge in [0.25, 0.3) is 0 Å². The van der Waals surface area contributed by atoms with Gasteiger partial charge in [0.2, 0.25) is 0 Å². The number of rotatable bonds is 7. The molecule has 0 saturated carbocycles. The Balaban J connectivity index is 1.67. The van der Waals surface area contributed by atoms with E-state index in [9.17, 15) is 0 Å². The van der Waals surface area contributed by atoms with E-state index in [1.165, 1.54) is 16.7 Å². The van der Waals surface area contributed by atoms with Gasteiger partial charge < -0.3 is 5.73 Å². The second-order valence-corrected chi connectivity index (χ2v) is 6.32. The van der Waals surface area contributed by atoms with Crippen LogP contribution in [0.4, 0.5) is 0 Å². The molecule has 1 atom stereocenters. The lowest BCUT2D eigenvalue weighted by Gasteiger charge is -2.19. The van der Waals surface area contributed by atoms with Crippen molar-refractivity contribution in [2.45, 2.75) is 31.2 Å². The van der Waals surface area contributed by atoms with Crippen LogP contribution in [0.15, 0.2) is 91.0 Å². The molecule has 2 N–H and O–H groups in total. The number of hydrogen-bond acceptors (Lipinski definition) is 1. The maximum atomic E-state index is 6.36. The highest BCUT2D eigenvalue weighted by molar-refractivity contribution is 5.32. The summed E-state index contributed by atoms with van der Waals surface area (Å²) in [5, 5.41) is 0. The van der Waals surface area contributed by atoms with Crippen molar-refractivity contribution in [1.82, 2.24) is 0 Å². The van der Waals surface area contributed by atoms with Crippen molar-refractivity contribution in [2.75, 3.05) is 0 Å². The molecule has 0 aliphatic rings. The molecule has 0 aliphatic heterocycles. The van der Waals surface area contributed by atoms with Crippen molar-refractivity contribution in [2.24, 2.45) is 5.73 Å². The molecule has 24 heavy (non-hydrogen) atoms. The molecule has 1 heteroatoms. The maximum absolute atomic E-state index is 6.36. The van der Waals surface area contributed by atoms with Gasteiger partial charge in [-0.1, -0.05) is 97.4 Å². The first-order chi connectivity index (χ1) is 11.8. The van der Waals surface area contributed by atoms with Crippen LogP contribution in [0.5, 0.6) is 0 Å². The lowest BCUT2D eigenvalue weighted by atomic mass is 9.86. The third-order valence-electron chi connectivity index (χ3n) is 4.64. The zero-order valence-electron chi connectivity index (χ0n) is 14.0. The van der Waals surface area contributed by atoms with Crippen LogP contribution in [-0.2, 0) is 0 Å². The highest BCUT2D eigenvalue weighted by Gasteiger charge is 2.14. The van der Waals surface area contributed by atoms with E-state index >= 15 is 0 Å². The second-order valence-electron chi connectivity index (χ2n) is 6.32. The lowest BCUT2D eigenvalue weighted by Crippen LogP contribution is -2.11. The predicted octanol–water partition coefficient (Wildman–Crippen LogP) is 5.69. The zero-order valence-corrected chi connectivity index (χ0v) is 14.0. The summed E-state index contributed by atoms with van der Waals surface area (Å²) in [5.74, 6) is 0.440. The molecule has 0 heterocycles. The lowest BCUT2D eigenvalue weighted by molar-refractivity contribution is 0.561. The highest BCUT2D eigenvalue weighted by atomic mass is 14.6. The summed E-state index contributed by atoms with van der Waals surface area (Å²) >= 11 is 0. The maximum Gasteiger partial charge on any atom is 0.0294 e. The predicted molar refractivity (Wildman–Crippen MR) is 102 cm³/mol.